The van der Waals surface area contributed by atoms with Crippen LogP contribution in [0.5, 0.6) is 0 Å². The molecule has 9 nitrogen and oxygen atoms in total. The predicted octanol–water partition coefficient (Wildman–Crippen LogP) is 0.122. The number of hydrogen-bond acceptors (Lipinski definition) is 6. The number of rotatable bonds is 6. The van der Waals surface area contributed by atoms with E-state index in [1.54, 1.807) is 12.1 Å². The second kappa shape index (κ2) is 6.98. The Hall–Kier alpha value is -2.97. The van der Waals surface area contributed by atoms with Crippen LogP contribution in [-0.4, -0.2) is 43.8 Å². The van der Waals surface area contributed by atoms with Crippen LogP contribution in [0.3, 0.4) is 0 Å². The summed E-state index contributed by atoms with van der Waals surface area (Å²) >= 11 is 0. The number of carboxylic acids is 1. The standard InChI is InChI=1S/C12H13N5O4/c18-11(19)9(6-10-14-16-17-15-10)13-12(20)21-7-8-4-2-1-3-5-8/h1-5,9H,6-7H2,(H,13,20)(H,18,19)(H,14,15,16,17). The van der Waals surface area contributed by atoms with Gasteiger partial charge in [-0.1, -0.05) is 35.5 Å². The number of aromatic amines is 1. The largest absolute Gasteiger partial charge is 0.480 e. The summed E-state index contributed by atoms with van der Waals surface area (Å²) in [5, 5.41) is 24.1. The summed E-state index contributed by atoms with van der Waals surface area (Å²) in [4.78, 5) is 22.7. The van der Waals surface area contributed by atoms with Crippen molar-refractivity contribution in [1.29, 1.82) is 0 Å². The number of tetrazole rings is 1. The summed E-state index contributed by atoms with van der Waals surface area (Å²) in [7, 11) is 0. The smallest absolute Gasteiger partial charge is 0.408 e. The van der Waals surface area contributed by atoms with Gasteiger partial charge in [-0.3, -0.25) is 0 Å². The minimum Gasteiger partial charge on any atom is -0.480 e. The Morgan fingerprint density at radius 1 is 1.33 bits per heavy atom. The molecule has 3 N–H and O–H groups in total. The Bertz CT molecular complexity index is 587. The Balaban J connectivity index is 1.85. The van der Waals surface area contributed by atoms with Gasteiger partial charge in [0.2, 0.25) is 0 Å². The monoisotopic (exact) mass is 291 g/mol. The number of carbonyl (C=O) groups excluding carboxylic acids is 1. The first-order chi connectivity index (χ1) is 10.1. The highest BCUT2D eigenvalue weighted by Gasteiger charge is 2.23. The molecule has 1 amide bonds. The van der Waals surface area contributed by atoms with E-state index in [2.05, 4.69) is 25.9 Å². The van der Waals surface area contributed by atoms with Gasteiger partial charge in [-0.05, 0) is 5.56 Å². The Morgan fingerprint density at radius 2 is 2.10 bits per heavy atom. The molecule has 0 aliphatic carbocycles. The number of H-pyrrole nitrogens is 1. The van der Waals surface area contributed by atoms with E-state index in [1.165, 1.54) is 0 Å². The number of amides is 1. The molecule has 0 saturated carbocycles. The minimum absolute atomic E-state index is 0.0568. The molecule has 0 bridgehead atoms. The number of hydrogen-bond donors (Lipinski definition) is 3. The van der Waals surface area contributed by atoms with Crippen molar-refractivity contribution in [2.45, 2.75) is 19.1 Å². The molecular weight excluding hydrogens is 278 g/mol. The molecule has 9 heteroatoms. The Kier molecular flexibility index (Phi) is 4.80. The molecule has 21 heavy (non-hydrogen) atoms. The molecule has 1 heterocycles. The summed E-state index contributed by atoms with van der Waals surface area (Å²) in [6, 6.07) is 7.86. The molecule has 0 aliphatic heterocycles. The zero-order chi connectivity index (χ0) is 15.1. The van der Waals surface area contributed by atoms with Gasteiger partial charge in [0, 0.05) is 6.42 Å². The highest BCUT2D eigenvalue weighted by Crippen LogP contribution is 2.01. The summed E-state index contributed by atoms with van der Waals surface area (Å²) < 4.78 is 4.95. The lowest BCUT2D eigenvalue weighted by atomic mass is 10.2. The van der Waals surface area contributed by atoms with Crippen molar-refractivity contribution in [2.24, 2.45) is 0 Å². The Morgan fingerprint density at radius 3 is 2.71 bits per heavy atom. The summed E-state index contributed by atoms with van der Waals surface area (Å²) in [6.45, 7) is 0.0568. The topological polar surface area (TPSA) is 130 Å². The molecule has 1 atom stereocenters. The molecule has 1 aromatic carbocycles. The van der Waals surface area contributed by atoms with E-state index in [0.29, 0.717) is 0 Å². The van der Waals surface area contributed by atoms with Gasteiger partial charge >= 0.3 is 12.1 Å². The third-order valence-electron chi connectivity index (χ3n) is 2.58. The van der Waals surface area contributed by atoms with Gasteiger partial charge in [-0.15, -0.1) is 10.2 Å². The van der Waals surface area contributed by atoms with Crippen LogP contribution in [0, 0.1) is 0 Å². The number of carbonyl (C=O) groups is 2. The first kappa shape index (κ1) is 14.4. The van der Waals surface area contributed by atoms with Crippen LogP contribution in [-0.2, 0) is 22.6 Å². The number of aliphatic carboxylic acids is 1. The average Bonchev–Trinajstić information content (AvgIpc) is 2.98. The second-order valence-electron chi connectivity index (χ2n) is 4.13. The van der Waals surface area contributed by atoms with Gasteiger partial charge in [-0.25, -0.2) is 9.59 Å². The van der Waals surface area contributed by atoms with Crippen LogP contribution in [0.25, 0.3) is 0 Å². The third-order valence-corrected chi connectivity index (χ3v) is 2.58. The maximum atomic E-state index is 11.6. The van der Waals surface area contributed by atoms with Crippen molar-refractivity contribution >= 4 is 12.1 Å². The van der Waals surface area contributed by atoms with E-state index < -0.39 is 18.1 Å². The predicted molar refractivity (Wildman–Crippen MR) is 69.1 cm³/mol. The molecular formula is C12H13N5O4. The first-order valence-corrected chi connectivity index (χ1v) is 6.07. The normalized spacial score (nSPS) is 11.6. The number of ether oxygens (including phenoxy) is 1. The highest BCUT2D eigenvalue weighted by atomic mass is 16.5. The summed E-state index contributed by atoms with van der Waals surface area (Å²) in [5.41, 5.74) is 0.803. The lowest BCUT2D eigenvalue weighted by Gasteiger charge is -2.12. The van der Waals surface area contributed by atoms with Crippen molar-refractivity contribution in [3.05, 3.63) is 41.7 Å². The van der Waals surface area contributed by atoms with Crippen LogP contribution >= 0.6 is 0 Å². The maximum Gasteiger partial charge on any atom is 0.408 e. The summed E-state index contributed by atoms with van der Waals surface area (Å²) in [5.74, 6) is -1.03. The quantitative estimate of drug-likeness (QED) is 0.689. The van der Waals surface area contributed by atoms with Gasteiger partial charge in [0.05, 0.1) is 0 Å². The van der Waals surface area contributed by atoms with Crippen LogP contribution in [0.15, 0.2) is 30.3 Å². The van der Waals surface area contributed by atoms with Crippen molar-refractivity contribution in [3.63, 3.8) is 0 Å². The van der Waals surface area contributed by atoms with Gasteiger partial charge in [-0.2, -0.15) is 5.21 Å². The number of benzene rings is 1. The lowest BCUT2D eigenvalue weighted by molar-refractivity contribution is -0.139. The maximum absolute atomic E-state index is 11.6. The number of nitrogens with zero attached hydrogens (tertiary/aromatic N) is 3. The van der Waals surface area contributed by atoms with Crippen molar-refractivity contribution in [3.8, 4) is 0 Å². The molecule has 1 unspecified atom stereocenters. The van der Waals surface area contributed by atoms with E-state index in [1.807, 2.05) is 18.2 Å². The van der Waals surface area contributed by atoms with Crippen molar-refractivity contribution in [2.75, 3.05) is 0 Å². The van der Waals surface area contributed by atoms with E-state index in [9.17, 15) is 9.59 Å². The lowest BCUT2D eigenvalue weighted by Crippen LogP contribution is -2.42. The van der Waals surface area contributed by atoms with Gasteiger partial charge in [0.15, 0.2) is 5.82 Å². The van der Waals surface area contributed by atoms with Gasteiger partial charge in [0.25, 0.3) is 0 Å². The minimum atomic E-state index is -1.21. The molecule has 110 valence electrons. The fourth-order valence-corrected chi connectivity index (χ4v) is 1.56. The molecule has 0 aliphatic rings. The van der Waals surface area contributed by atoms with E-state index >= 15 is 0 Å². The second-order valence-corrected chi connectivity index (χ2v) is 4.13. The number of nitrogens with one attached hydrogen (secondary N) is 2. The van der Waals surface area contributed by atoms with E-state index in [0.717, 1.165) is 5.56 Å². The molecule has 0 spiro atoms. The number of alkyl carbamates (subject to hydrolysis) is 1. The Labute approximate surface area is 119 Å². The first-order valence-electron chi connectivity index (χ1n) is 6.07. The fraction of sp³-hybridized carbons (Fsp3) is 0.250. The average molecular weight is 291 g/mol. The zero-order valence-corrected chi connectivity index (χ0v) is 10.9. The van der Waals surface area contributed by atoms with Crippen molar-refractivity contribution < 1.29 is 19.4 Å². The number of aromatic nitrogens is 4. The number of carboxylic acid groups (broad SMARTS) is 1. The van der Waals surface area contributed by atoms with Crippen LogP contribution in [0.2, 0.25) is 0 Å². The fourth-order valence-electron chi connectivity index (χ4n) is 1.56. The molecule has 0 saturated heterocycles. The molecule has 0 radical (unpaired) electrons. The van der Waals surface area contributed by atoms with E-state index in [-0.39, 0.29) is 18.9 Å². The van der Waals surface area contributed by atoms with Gasteiger partial charge in [0.1, 0.15) is 12.6 Å². The molecule has 2 aromatic rings. The van der Waals surface area contributed by atoms with Crippen LogP contribution in [0.4, 0.5) is 4.79 Å². The molecule has 1 aromatic heterocycles. The third kappa shape index (κ3) is 4.56. The molecule has 0 fully saturated rings. The van der Waals surface area contributed by atoms with Gasteiger partial charge < -0.3 is 15.2 Å². The molecule has 2 rings (SSSR count). The highest BCUT2D eigenvalue weighted by molar-refractivity contribution is 5.80. The zero-order valence-electron chi connectivity index (χ0n) is 10.9. The van der Waals surface area contributed by atoms with Crippen LogP contribution < -0.4 is 5.32 Å². The summed E-state index contributed by atoms with van der Waals surface area (Å²) in [6.07, 6.45) is -0.915. The van der Waals surface area contributed by atoms with Crippen molar-refractivity contribution in [1.82, 2.24) is 25.9 Å². The van der Waals surface area contributed by atoms with Crippen LogP contribution in [0.1, 0.15) is 11.4 Å². The SMILES string of the molecule is O=C(NC(Cc1nn[nH]n1)C(=O)O)OCc1ccccc1. The van der Waals surface area contributed by atoms with E-state index in [4.69, 9.17) is 9.84 Å².